The average Bonchev–Trinajstić information content (AvgIpc) is 3.20. The Morgan fingerprint density at radius 2 is 2.15 bits per heavy atom. The highest BCUT2D eigenvalue weighted by Crippen LogP contribution is 2.15. The van der Waals surface area contributed by atoms with Crippen LogP contribution in [-0.4, -0.2) is 54.4 Å². The number of anilines is 1. The summed E-state index contributed by atoms with van der Waals surface area (Å²) in [6.45, 7) is 9.89. The van der Waals surface area contributed by atoms with E-state index in [-0.39, 0.29) is 6.10 Å². The van der Waals surface area contributed by atoms with E-state index in [1.165, 1.54) is 0 Å². The number of pyridine rings is 1. The molecular formula is C20H30N6O. The molecule has 1 aliphatic rings. The number of ether oxygens (including phenoxy) is 1. The van der Waals surface area contributed by atoms with Gasteiger partial charge in [-0.25, -0.2) is 9.98 Å². The van der Waals surface area contributed by atoms with Crippen LogP contribution in [0.15, 0.2) is 47.8 Å². The molecule has 2 N–H and O–H groups in total. The largest absolute Gasteiger partial charge is 0.375 e. The highest BCUT2D eigenvalue weighted by Gasteiger charge is 2.17. The van der Waals surface area contributed by atoms with Gasteiger partial charge in [-0.05, 0) is 37.6 Å². The van der Waals surface area contributed by atoms with Crippen molar-refractivity contribution in [1.82, 2.24) is 20.2 Å². The summed E-state index contributed by atoms with van der Waals surface area (Å²) in [7, 11) is 0. The van der Waals surface area contributed by atoms with Gasteiger partial charge in [-0.15, -0.1) is 0 Å². The van der Waals surface area contributed by atoms with Crippen LogP contribution in [0.4, 0.5) is 5.82 Å². The molecule has 0 spiro atoms. The highest BCUT2D eigenvalue weighted by molar-refractivity contribution is 5.79. The van der Waals surface area contributed by atoms with Crippen LogP contribution in [0.1, 0.15) is 19.4 Å². The first-order chi connectivity index (χ1) is 13.2. The Morgan fingerprint density at radius 1 is 1.30 bits per heavy atom. The highest BCUT2D eigenvalue weighted by atomic mass is 16.5. The second-order valence-electron chi connectivity index (χ2n) is 6.69. The van der Waals surface area contributed by atoms with Gasteiger partial charge in [0.2, 0.25) is 0 Å². The van der Waals surface area contributed by atoms with E-state index in [2.05, 4.69) is 68.5 Å². The molecule has 2 aromatic heterocycles. The molecule has 2 aromatic rings. The molecule has 0 saturated carbocycles. The minimum absolute atomic E-state index is 0.255. The summed E-state index contributed by atoms with van der Waals surface area (Å²) < 4.78 is 7.74. The third-order valence-electron chi connectivity index (χ3n) is 4.47. The third kappa shape index (κ3) is 5.99. The van der Waals surface area contributed by atoms with Gasteiger partial charge in [-0.3, -0.25) is 0 Å². The third-order valence-corrected chi connectivity index (χ3v) is 4.47. The number of hydrogen-bond acceptors (Lipinski definition) is 4. The Balaban J connectivity index is 1.52. The second-order valence-corrected chi connectivity index (χ2v) is 6.69. The van der Waals surface area contributed by atoms with E-state index in [1.807, 2.05) is 18.3 Å². The van der Waals surface area contributed by atoms with Gasteiger partial charge in [0.1, 0.15) is 5.82 Å². The Kier molecular flexibility index (Phi) is 7.10. The van der Waals surface area contributed by atoms with Gasteiger partial charge in [-0.2, -0.15) is 0 Å². The molecule has 3 heterocycles. The molecule has 0 amide bonds. The van der Waals surface area contributed by atoms with Crippen LogP contribution < -0.4 is 15.5 Å². The smallest absolute Gasteiger partial charge is 0.191 e. The van der Waals surface area contributed by atoms with Gasteiger partial charge < -0.3 is 24.8 Å². The molecule has 1 atom stereocenters. The summed E-state index contributed by atoms with van der Waals surface area (Å²) >= 11 is 0. The van der Waals surface area contributed by atoms with Crippen molar-refractivity contribution >= 4 is 11.8 Å². The maximum absolute atomic E-state index is 5.59. The predicted octanol–water partition coefficient (Wildman–Crippen LogP) is 1.86. The Morgan fingerprint density at radius 3 is 2.85 bits per heavy atom. The van der Waals surface area contributed by atoms with Gasteiger partial charge in [0.15, 0.2) is 5.96 Å². The summed E-state index contributed by atoms with van der Waals surface area (Å²) in [5, 5.41) is 6.66. The monoisotopic (exact) mass is 370 g/mol. The van der Waals surface area contributed by atoms with E-state index in [1.54, 1.807) is 0 Å². The first kappa shape index (κ1) is 19.2. The molecule has 1 saturated heterocycles. The molecule has 0 radical (unpaired) electrons. The summed E-state index contributed by atoms with van der Waals surface area (Å²) in [5.74, 6) is 1.84. The van der Waals surface area contributed by atoms with Gasteiger partial charge in [0.25, 0.3) is 0 Å². The molecule has 146 valence electrons. The molecule has 7 nitrogen and oxygen atoms in total. The van der Waals surface area contributed by atoms with Crippen molar-refractivity contribution < 1.29 is 4.74 Å². The molecule has 1 aliphatic heterocycles. The first-order valence-electron chi connectivity index (χ1n) is 9.69. The molecule has 0 aliphatic carbocycles. The van der Waals surface area contributed by atoms with E-state index in [4.69, 9.17) is 4.74 Å². The first-order valence-corrected chi connectivity index (χ1v) is 9.69. The van der Waals surface area contributed by atoms with Crippen molar-refractivity contribution in [3.63, 3.8) is 0 Å². The van der Waals surface area contributed by atoms with Crippen LogP contribution in [0.25, 0.3) is 0 Å². The van der Waals surface area contributed by atoms with Gasteiger partial charge in [0, 0.05) is 51.3 Å². The molecule has 0 aromatic carbocycles. The zero-order chi connectivity index (χ0) is 18.9. The molecule has 3 rings (SSSR count). The fourth-order valence-electron chi connectivity index (χ4n) is 3.06. The van der Waals surface area contributed by atoms with Gasteiger partial charge in [0.05, 0.1) is 19.3 Å². The van der Waals surface area contributed by atoms with Crippen LogP contribution in [0.5, 0.6) is 0 Å². The standard InChI is InChI=1S/C20H30N6O/c1-3-21-20(22-8-11-25-9-4-5-10-25)24-15-18-6-7-19(23-14-18)26-12-13-27-17(2)16-26/h4-7,9-10,14,17H,3,8,11-13,15-16H2,1-2H3,(H2,21,22,24). The van der Waals surface area contributed by atoms with Crippen molar-refractivity contribution in [2.45, 2.75) is 33.0 Å². The normalized spacial score (nSPS) is 17.8. The van der Waals surface area contributed by atoms with E-state index in [9.17, 15) is 0 Å². The van der Waals surface area contributed by atoms with Crippen molar-refractivity contribution in [2.24, 2.45) is 4.99 Å². The van der Waals surface area contributed by atoms with Crippen LogP contribution in [0.3, 0.4) is 0 Å². The lowest BCUT2D eigenvalue weighted by molar-refractivity contribution is 0.0529. The maximum atomic E-state index is 5.59. The summed E-state index contributed by atoms with van der Waals surface area (Å²) in [5.41, 5.74) is 1.10. The summed E-state index contributed by atoms with van der Waals surface area (Å²) in [6, 6.07) is 8.26. The minimum atomic E-state index is 0.255. The van der Waals surface area contributed by atoms with Crippen LogP contribution in [0, 0.1) is 0 Å². The topological polar surface area (TPSA) is 66.7 Å². The number of rotatable bonds is 7. The Hall–Kier alpha value is -2.54. The zero-order valence-electron chi connectivity index (χ0n) is 16.3. The van der Waals surface area contributed by atoms with Crippen LogP contribution in [0.2, 0.25) is 0 Å². The number of hydrogen-bond donors (Lipinski definition) is 2. The number of morpholine rings is 1. The molecular weight excluding hydrogens is 340 g/mol. The Labute approximate surface area is 161 Å². The van der Waals surface area contributed by atoms with E-state index >= 15 is 0 Å². The van der Waals surface area contributed by atoms with Crippen molar-refractivity contribution in [1.29, 1.82) is 0 Å². The SMILES string of the molecule is CCNC(=NCc1ccc(N2CCOC(C)C2)nc1)NCCn1cccc1. The number of guanidine groups is 1. The van der Waals surface area contributed by atoms with Crippen molar-refractivity contribution in [3.05, 3.63) is 48.4 Å². The summed E-state index contributed by atoms with van der Waals surface area (Å²) in [4.78, 5) is 11.6. The molecule has 1 unspecified atom stereocenters. The lowest BCUT2D eigenvalue weighted by atomic mass is 10.2. The molecule has 0 bridgehead atoms. The van der Waals surface area contributed by atoms with E-state index < -0.39 is 0 Å². The van der Waals surface area contributed by atoms with Crippen LogP contribution >= 0.6 is 0 Å². The maximum Gasteiger partial charge on any atom is 0.191 e. The lowest BCUT2D eigenvalue weighted by Crippen LogP contribution is -2.41. The Bertz CT molecular complexity index is 698. The van der Waals surface area contributed by atoms with Gasteiger partial charge in [-0.1, -0.05) is 6.07 Å². The quantitative estimate of drug-likeness (QED) is 0.575. The van der Waals surface area contributed by atoms with E-state index in [0.29, 0.717) is 6.54 Å². The average molecular weight is 371 g/mol. The number of aromatic nitrogens is 2. The van der Waals surface area contributed by atoms with Crippen LogP contribution in [-0.2, 0) is 17.8 Å². The van der Waals surface area contributed by atoms with Gasteiger partial charge >= 0.3 is 0 Å². The van der Waals surface area contributed by atoms with E-state index in [0.717, 1.165) is 56.7 Å². The van der Waals surface area contributed by atoms with Crippen molar-refractivity contribution in [2.75, 3.05) is 37.7 Å². The lowest BCUT2D eigenvalue weighted by Gasteiger charge is -2.32. The predicted molar refractivity (Wildman–Crippen MR) is 109 cm³/mol. The number of nitrogens with zero attached hydrogens (tertiary/aromatic N) is 4. The summed E-state index contributed by atoms with van der Waals surface area (Å²) in [6.07, 6.45) is 6.30. The molecule has 27 heavy (non-hydrogen) atoms. The number of nitrogens with one attached hydrogen (secondary N) is 2. The fraction of sp³-hybridized carbons (Fsp3) is 0.500. The van der Waals surface area contributed by atoms with Crippen molar-refractivity contribution in [3.8, 4) is 0 Å². The minimum Gasteiger partial charge on any atom is -0.375 e. The zero-order valence-corrected chi connectivity index (χ0v) is 16.3. The molecule has 7 heteroatoms. The molecule has 1 fully saturated rings. The second kappa shape index (κ2) is 9.97. The number of aliphatic imine (C=N–C) groups is 1. The fourth-order valence-corrected chi connectivity index (χ4v) is 3.06.